The van der Waals surface area contributed by atoms with Gasteiger partial charge in [-0.3, -0.25) is 13.8 Å². The number of carbonyl (C=O) groups is 1. The first kappa shape index (κ1) is 33.6. The molecule has 4 aromatic rings. The molecule has 0 unspecified atom stereocenters. The van der Waals surface area contributed by atoms with Crippen LogP contribution in [0.2, 0.25) is 5.02 Å². The molecule has 2 N–H and O–H groups in total. The fourth-order valence-electron chi connectivity index (χ4n) is 3.92. The molecule has 0 spiro atoms. The lowest BCUT2D eigenvalue weighted by atomic mass is 10.2. The highest BCUT2D eigenvalue weighted by atomic mass is 35.5. The van der Waals surface area contributed by atoms with Gasteiger partial charge in [-0.15, -0.1) is 0 Å². The third-order valence-electron chi connectivity index (χ3n) is 6.05. The number of sulfonamides is 2. The Kier molecular flexibility index (Phi) is 9.42. The predicted octanol–water partition coefficient (Wildman–Crippen LogP) is 7.01. The molecule has 17 heteroatoms. The number of benzene rings is 4. The van der Waals surface area contributed by atoms with Gasteiger partial charge in [0.15, 0.2) is 0 Å². The lowest BCUT2D eigenvalue weighted by Gasteiger charge is -2.26. The molecular weight excluding hydrogens is 672 g/mol. The Morgan fingerprint density at radius 3 is 1.89 bits per heavy atom. The Morgan fingerprint density at radius 1 is 0.689 bits per heavy atom. The number of anilines is 3. The lowest BCUT2D eigenvalue weighted by molar-refractivity contribution is -0.138. The molecule has 45 heavy (non-hydrogen) atoms. The van der Waals surface area contributed by atoms with Gasteiger partial charge in [0.25, 0.3) is 20.0 Å². The molecular formula is C28H20ClF6N3O5S2. The van der Waals surface area contributed by atoms with Crippen LogP contribution in [0.1, 0.15) is 11.1 Å². The van der Waals surface area contributed by atoms with Crippen LogP contribution in [0.15, 0.2) is 107 Å². The van der Waals surface area contributed by atoms with Crippen molar-refractivity contribution in [3.05, 3.63) is 113 Å². The standard InChI is InChI=1S/C28H20ClF6N3O5S2/c29-24-14-9-19(28(33,34)35)16-25(24)38(45(42,43)23-7-2-1-3-8-23)17-26(39)36-20-10-12-22(13-11-20)44(40,41)37-21-6-4-5-18(15-21)27(30,31)32/h1-16,37H,17H2,(H,36,39). The smallest absolute Gasteiger partial charge is 0.325 e. The van der Waals surface area contributed by atoms with Gasteiger partial charge in [0.05, 0.1) is 31.6 Å². The summed E-state index contributed by atoms with van der Waals surface area (Å²) in [6.45, 7) is -1.03. The van der Waals surface area contributed by atoms with E-state index in [0.717, 1.165) is 48.5 Å². The second-order valence-electron chi connectivity index (χ2n) is 9.25. The largest absolute Gasteiger partial charge is 0.416 e. The summed E-state index contributed by atoms with van der Waals surface area (Å²) in [5, 5.41) is 1.94. The quantitative estimate of drug-likeness (QED) is 0.183. The van der Waals surface area contributed by atoms with Crippen molar-refractivity contribution in [2.45, 2.75) is 22.1 Å². The SMILES string of the molecule is O=C(CN(c1cc(C(F)(F)F)ccc1Cl)S(=O)(=O)c1ccccc1)Nc1ccc(S(=O)(=O)Nc2cccc(C(F)(F)F)c2)cc1. The molecule has 0 aromatic heterocycles. The van der Waals surface area contributed by atoms with E-state index in [2.05, 4.69) is 5.32 Å². The van der Waals surface area contributed by atoms with Crippen LogP contribution in [0.4, 0.5) is 43.4 Å². The van der Waals surface area contributed by atoms with E-state index in [1.54, 1.807) is 0 Å². The van der Waals surface area contributed by atoms with Crippen molar-refractivity contribution in [2.75, 3.05) is 20.9 Å². The molecule has 238 valence electrons. The zero-order chi connectivity index (χ0) is 33.2. The predicted molar refractivity (Wildman–Crippen MR) is 155 cm³/mol. The molecule has 4 rings (SSSR count). The van der Waals surface area contributed by atoms with E-state index in [0.29, 0.717) is 22.5 Å². The summed E-state index contributed by atoms with van der Waals surface area (Å²) in [4.78, 5) is 12.3. The van der Waals surface area contributed by atoms with E-state index < -0.39 is 66.7 Å². The van der Waals surface area contributed by atoms with Gasteiger partial charge in [-0.1, -0.05) is 35.9 Å². The molecule has 0 fully saturated rings. The van der Waals surface area contributed by atoms with Gasteiger partial charge < -0.3 is 5.32 Å². The van der Waals surface area contributed by atoms with Gasteiger partial charge in [0, 0.05) is 11.4 Å². The molecule has 0 aliphatic carbocycles. The number of halogens is 7. The zero-order valence-corrected chi connectivity index (χ0v) is 24.8. The minimum absolute atomic E-state index is 0.0368. The van der Waals surface area contributed by atoms with Crippen LogP contribution in [0.5, 0.6) is 0 Å². The number of alkyl halides is 6. The highest BCUT2D eigenvalue weighted by Crippen LogP contribution is 2.37. The molecule has 0 aliphatic rings. The van der Waals surface area contributed by atoms with Crippen LogP contribution in [0, 0.1) is 0 Å². The Balaban J connectivity index is 1.58. The highest BCUT2D eigenvalue weighted by molar-refractivity contribution is 7.93. The summed E-state index contributed by atoms with van der Waals surface area (Å²) in [6.07, 6.45) is -9.56. The van der Waals surface area contributed by atoms with Gasteiger partial charge in [-0.2, -0.15) is 26.3 Å². The van der Waals surface area contributed by atoms with E-state index >= 15 is 0 Å². The Hall–Kier alpha value is -4.28. The fraction of sp³-hybridized carbons (Fsp3) is 0.107. The first-order chi connectivity index (χ1) is 20.9. The summed E-state index contributed by atoms with van der Waals surface area (Å²) in [7, 11) is -9.00. The maximum atomic E-state index is 13.5. The summed E-state index contributed by atoms with van der Waals surface area (Å²) in [5.41, 5.74) is -3.30. The van der Waals surface area contributed by atoms with Gasteiger partial charge in [0.2, 0.25) is 5.91 Å². The first-order valence-electron chi connectivity index (χ1n) is 12.4. The first-order valence-corrected chi connectivity index (χ1v) is 15.7. The minimum Gasteiger partial charge on any atom is -0.325 e. The monoisotopic (exact) mass is 691 g/mol. The molecule has 0 saturated heterocycles. The molecule has 0 aliphatic heterocycles. The summed E-state index contributed by atoms with van der Waals surface area (Å²) in [6, 6.07) is 16.4. The van der Waals surface area contributed by atoms with Crippen LogP contribution in [-0.4, -0.2) is 29.3 Å². The van der Waals surface area contributed by atoms with Gasteiger partial charge in [-0.05, 0) is 72.8 Å². The average Bonchev–Trinajstić information content (AvgIpc) is 2.96. The maximum Gasteiger partial charge on any atom is 0.416 e. The van der Waals surface area contributed by atoms with Crippen LogP contribution in [-0.2, 0) is 37.2 Å². The number of amides is 1. The van der Waals surface area contributed by atoms with Crippen molar-refractivity contribution in [2.24, 2.45) is 0 Å². The number of hydrogen-bond donors (Lipinski definition) is 2. The van der Waals surface area contributed by atoms with Crippen LogP contribution in [0.25, 0.3) is 0 Å². The zero-order valence-electron chi connectivity index (χ0n) is 22.4. The Labute approximate surface area is 258 Å². The van der Waals surface area contributed by atoms with E-state index in [-0.39, 0.29) is 21.2 Å². The third kappa shape index (κ3) is 8.06. The second-order valence-corrected chi connectivity index (χ2v) is 13.2. The van der Waals surface area contributed by atoms with Crippen molar-refractivity contribution in [3.63, 3.8) is 0 Å². The third-order valence-corrected chi connectivity index (χ3v) is 9.54. The highest BCUT2D eigenvalue weighted by Gasteiger charge is 2.35. The molecule has 1 amide bonds. The van der Waals surface area contributed by atoms with Gasteiger partial charge in [0.1, 0.15) is 6.54 Å². The van der Waals surface area contributed by atoms with E-state index in [1.165, 1.54) is 30.3 Å². The molecule has 4 aromatic carbocycles. The van der Waals surface area contributed by atoms with Gasteiger partial charge in [-0.25, -0.2) is 16.8 Å². The number of hydrogen-bond acceptors (Lipinski definition) is 5. The van der Waals surface area contributed by atoms with Crippen LogP contribution < -0.4 is 14.3 Å². The Bertz CT molecular complexity index is 1920. The average molecular weight is 692 g/mol. The maximum absolute atomic E-state index is 13.5. The van der Waals surface area contributed by atoms with Crippen molar-refractivity contribution in [1.82, 2.24) is 0 Å². The number of nitrogens with zero attached hydrogens (tertiary/aromatic N) is 1. The van der Waals surface area contributed by atoms with E-state index in [4.69, 9.17) is 11.6 Å². The molecule has 0 saturated carbocycles. The molecule has 0 radical (unpaired) electrons. The summed E-state index contributed by atoms with van der Waals surface area (Å²) >= 11 is 6.10. The number of carbonyl (C=O) groups excluding carboxylic acids is 1. The van der Waals surface area contributed by atoms with E-state index in [1.807, 2.05) is 4.72 Å². The van der Waals surface area contributed by atoms with Crippen LogP contribution >= 0.6 is 11.6 Å². The molecule has 0 atom stereocenters. The summed E-state index contributed by atoms with van der Waals surface area (Å²) in [5.74, 6) is -1.03. The summed E-state index contributed by atoms with van der Waals surface area (Å²) < 4.78 is 134. The van der Waals surface area contributed by atoms with Crippen molar-refractivity contribution in [3.8, 4) is 0 Å². The second kappa shape index (κ2) is 12.6. The fourth-order valence-corrected chi connectivity index (χ4v) is 6.69. The molecule has 0 bridgehead atoms. The molecule has 0 heterocycles. The minimum atomic E-state index is -4.86. The lowest BCUT2D eigenvalue weighted by Crippen LogP contribution is -2.38. The number of nitrogens with one attached hydrogen (secondary N) is 2. The topological polar surface area (TPSA) is 113 Å². The normalized spacial score (nSPS) is 12.4. The van der Waals surface area contributed by atoms with Crippen molar-refractivity contribution < 1.29 is 48.0 Å². The van der Waals surface area contributed by atoms with Gasteiger partial charge >= 0.3 is 12.4 Å². The van der Waals surface area contributed by atoms with E-state index in [9.17, 15) is 48.0 Å². The molecule has 8 nitrogen and oxygen atoms in total. The Morgan fingerprint density at radius 2 is 1.29 bits per heavy atom. The van der Waals surface area contributed by atoms with Crippen molar-refractivity contribution in [1.29, 1.82) is 0 Å². The van der Waals surface area contributed by atoms with Crippen molar-refractivity contribution >= 4 is 54.6 Å². The van der Waals surface area contributed by atoms with Crippen LogP contribution in [0.3, 0.4) is 0 Å². The number of rotatable bonds is 9.